The molecule has 3 heteroatoms. The first-order chi connectivity index (χ1) is 8.26. The zero-order chi connectivity index (χ0) is 14.0. The number of esters is 1. The SMILES string of the molecule is C=C(C)C(=O)OC1(CC)CC(C)CC(O)(CC)C1. The quantitative estimate of drug-likeness (QED) is 0.619. The minimum atomic E-state index is -0.705. The Labute approximate surface area is 110 Å². The first-order valence-corrected chi connectivity index (χ1v) is 6.87. The van der Waals surface area contributed by atoms with Gasteiger partial charge < -0.3 is 9.84 Å². The molecule has 0 amide bonds. The van der Waals surface area contributed by atoms with Gasteiger partial charge in [-0.1, -0.05) is 27.4 Å². The van der Waals surface area contributed by atoms with Gasteiger partial charge in [0.1, 0.15) is 5.60 Å². The van der Waals surface area contributed by atoms with Crippen molar-refractivity contribution in [2.45, 2.75) is 71.0 Å². The van der Waals surface area contributed by atoms with Crippen molar-refractivity contribution in [3.8, 4) is 0 Å². The van der Waals surface area contributed by atoms with Gasteiger partial charge in [0, 0.05) is 12.0 Å². The van der Waals surface area contributed by atoms with Crippen LogP contribution in [-0.4, -0.2) is 22.3 Å². The predicted molar refractivity (Wildman–Crippen MR) is 72.2 cm³/mol. The Morgan fingerprint density at radius 1 is 1.39 bits per heavy atom. The summed E-state index contributed by atoms with van der Waals surface area (Å²) in [5.41, 5.74) is -0.817. The zero-order valence-electron chi connectivity index (χ0n) is 12.1. The van der Waals surface area contributed by atoms with Gasteiger partial charge in [-0.25, -0.2) is 4.79 Å². The summed E-state index contributed by atoms with van der Waals surface area (Å²) in [4.78, 5) is 11.8. The lowest BCUT2D eigenvalue weighted by atomic mass is 9.68. The topological polar surface area (TPSA) is 46.5 Å². The normalized spacial score (nSPS) is 36.2. The molecule has 18 heavy (non-hydrogen) atoms. The molecule has 0 aliphatic heterocycles. The second-order valence-electron chi connectivity index (χ2n) is 5.97. The summed E-state index contributed by atoms with van der Waals surface area (Å²) < 4.78 is 5.66. The lowest BCUT2D eigenvalue weighted by Gasteiger charge is -2.46. The van der Waals surface area contributed by atoms with E-state index in [1.807, 2.05) is 13.8 Å². The van der Waals surface area contributed by atoms with Crippen molar-refractivity contribution in [1.82, 2.24) is 0 Å². The molecular weight excluding hydrogens is 228 g/mol. The van der Waals surface area contributed by atoms with Crippen molar-refractivity contribution < 1.29 is 14.6 Å². The standard InChI is InChI=1S/C15H26O3/c1-6-14(17)8-12(5)9-15(7-2,10-14)18-13(16)11(3)4/h12,17H,3,6-10H2,1-2,4-5H3. The highest BCUT2D eigenvalue weighted by molar-refractivity contribution is 5.87. The van der Waals surface area contributed by atoms with Crippen LogP contribution in [0.3, 0.4) is 0 Å². The lowest BCUT2D eigenvalue weighted by Crippen LogP contribution is -2.50. The molecule has 0 bridgehead atoms. The molecule has 1 saturated carbocycles. The fraction of sp³-hybridized carbons (Fsp3) is 0.800. The van der Waals surface area contributed by atoms with E-state index in [-0.39, 0.29) is 5.97 Å². The number of carbonyl (C=O) groups is 1. The number of rotatable bonds is 4. The molecule has 0 spiro atoms. The van der Waals surface area contributed by atoms with Gasteiger partial charge in [0.15, 0.2) is 0 Å². The monoisotopic (exact) mass is 254 g/mol. The van der Waals surface area contributed by atoms with E-state index >= 15 is 0 Å². The average molecular weight is 254 g/mol. The predicted octanol–water partition coefficient (Wildman–Crippen LogP) is 3.22. The van der Waals surface area contributed by atoms with Gasteiger partial charge in [0.2, 0.25) is 0 Å². The molecule has 1 N–H and O–H groups in total. The van der Waals surface area contributed by atoms with E-state index in [4.69, 9.17) is 4.74 Å². The van der Waals surface area contributed by atoms with Gasteiger partial charge in [-0.05, 0) is 38.5 Å². The Morgan fingerprint density at radius 2 is 2.00 bits per heavy atom. The molecule has 1 fully saturated rings. The van der Waals surface area contributed by atoms with E-state index < -0.39 is 11.2 Å². The van der Waals surface area contributed by atoms with Crippen LogP contribution in [0.15, 0.2) is 12.2 Å². The molecule has 1 rings (SSSR count). The van der Waals surface area contributed by atoms with Gasteiger partial charge in [-0.2, -0.15) is 0 Å². The zero-order valence-corrected chi connectivity index (χ0v) is 12.1. The smallest absolute Gasteiger partial charge is 0.333 e. The maximum Gasteiger partial charge on any atom is 0.333 e. The van der Waals surface area contributed by atoms with Gasteiger partial charge in [0.25, 0.3) is 0 Å². The largest absolute Gasteiger partial charge is 0.456 e. The third kappa shape index (κ3) is 3.35. The summed E-state index contributed by atoms with van der Waals surface area (Å²) in [6.07, 6.45) is 3.58. The third-order valence-corrected chi connectivity index (χ3v) is 4.06. The fourth-order valence-electron chi connectivity index (χ4n) is 3.07. The van der Waals surface area contributed by atoms with E-state index in [0.717, 1.165) is 19.3 Å². The van der Waals surface area contributed by atoms with Crippen LogP contribution >= 0.6 is 0 Å². The first-order valence-electron chi connectivity index (χ1n) is 6.87. The number of ether oxygens (including phenoxy) is 1. The minimum Gasteiger partial charge on any atom is -0.456 e. The summed E-state index contributed by atoms with van der Waals surface area (Å²) in [7, 11) is 0. The molecule has 1 aliphatic rings. The summed E-state index contributed by atoms with van der Waals surface area (Å²) in [5, 5.41) is 10.6. The maximum atomic E-state index is 11.8. The molecular formula is C15H26O3. The highest BCUT2D eigenvalue weighted by Gasteiger charge is 2.47. The van der Waals surface area contributed by atoms with E-state index in [1.54, 1.807) is 6.92 Å². The molecule has 0 heterocycles. The van der Waals surface area contributed by atoms with Gasteiger partial charge in [0.05, 0.1) is 5.60 Å². The molecule has 0 aromatic rings. The van der Waals surface area contributed by atoms with Crippen LogP contribution in [0, 0.1) is 5.92 Å². The molecule has 0 radical (unpaired) electrons. The van der Waals surface area contributed by atoms with E-state index in [9.17, 15) is 9.90 Å². The van der Waals surface area contributed by atoms with Gasteiger partial charge in [-0.3, -0.25) is 0 Å². The van der Waals surface area contributed by atoms with Crippen LogP contribution in [0.25, 0.3) is 0 Å². The molecule has 3 atom stereocenters. The van der Waals surface area contributed by atoms with Crippen molar-refractivity contribution in [1.29, 1.82) is 0 Å². The second-order valence-corrected chi connectivity index (χ2v) is 5.97. The summed E-state index contributed by atoms with van der Waals surface area (Å²) in [6.45, 7) is 11.4. The summed E-state index contributed by atoms with van der Waals surface area (Å²) in [5.74, 6) is 0.0194. The van der Waals surface area contributed by atoms with Crippen LogP contribution in [0.2, 0.25) is 0 Å². The number of hydrogen-bond acceptors (Lipinski definition) is 3. The average Bonchev–Trinajstić information content (AvgIpc) is 2.27. The minimum absolute atomic E-state index is 0.343. The second kappa shape index (κ2) is 5.43. The van der Waals surface area contributed by atoms with E-state index in [2.05, 4.69) is 13.5 Å². The molecule has 104 valence electrons. The fourth-order valence-corrected chi connectivity index (χ4v) is 3.07. The van der Waals surface area contributed by atoms with Crippen molar-refractivity contribution in [2.75, 3.05) is 0 Å². The van der Waals surface area contributed by atoms with Crippen LogP contribution in [0.4, 0.5) is 0 Å². The highest BCUT2D eigenvalue weighted by Crippen LogP contribution is 2.44. The lowest BCUT2D eigenvalue weighted by molar-refractivity contribution is -0.175. The Morgan fingerprint density at radius 3 is 2.44 bits per heavy atom. The van der Waals surface area contributed by atoms with E-state index in [1.165, 1.54) is 0 Å². The number of aliphatic hydroxyl groups is 1. The van der Waals surface area contributed by atoms with Crippen molar-refractivity contribution in [3.63, 3.8) is 0 Å². The van der Waals surface area contributed by atoms with Crippen molar-refractivity contribution >= 4 is 5.97 Å². The Kier molecular flexibility index (Phi) is 4.60. The number of carbonyl (C=O) groups excluding carboxylic acids is 1. The molecule has 0 saturated heterocycles. The van der Waals surface area contributed by atoms with E-state index in [0.29, 0.717) is 24.3 Å². The third-order valence-electron chi connectivity index (χ3n) is 4.06. The van der Waals surface area contributed by atoms with Crippen LogP contribution < -0.4 is 0 Å². The summed E-state index contributed by atoms with van der Waals surface area (Å²) >= 11 is 0. The van der Waals surface area contributed by atoms with Crippen molar-refractivity contribution in [3.05, 3.63) is 12.2 Å². The van der Waals surface area contributed by atoms with Gasteiger partial charge in [-0.15, -0.1) is 0 Å². The molecule has 0 aromatic heterocycles. The van der Waals surface area contributed by atoms with Crippen LogP contribution in [-0.2, 0) is 9.53 Å². The number of hydrogen-bond donors (Lipinski definition) is 1. The molecule has 3 unspecified atom stereocenters. The van der Waals surface area contributed by atoms with Crippen molar-refractivity contribution in [2.24, 2.45) is 5.92 Å². The Hall–Kier alpha value is -0.830. The highest BCUT2D eigenvalue weighted by atomic mass is 16.6. The Balaban J connectivity index is 2.92. The maximum absolute atomic E-state index is 11.8. The van der Waals surface area contributed by atoms with Gasteiger partial charge >= 0.3 is 5.97 Å². The summed E-state index contributed by atoms with van der Waals surface area (Å²) in [6, 6.07) is 0. The molecule has 0 aromatic carbocycles. The van der Waals surface area contributed by atoms with Crippen LogP contribution in [0.1, 0.15) is 59.8 Å². The van der Waals surface area contributed by atoms with Crippen LogP contribution in [0.5, 0.6) is 0 Å². The Bertz CT molecular complexity index is 337. The molecule has 1 aliphatic carbocycles. The molecule has 3 nitrogen and oxygen atoms in total. The first kappa shape index (κ1) is 15.2.